The van der Waals surface area contributed by atoms with E-state index in [1.807, 2.05) is 31.4 Å². The normalized spacial score (nSPS) is 22.2. The zero-order chi connectivity index (χ0) is 15.0. The predicted molar refractivity (Wildman–Crippen MR) is 84.9 cm³/mol. The highest BCUT2D eigenvalue weighted by atomic mass is 16.2. The summed E-state index contributed by atoms with van der Waals surface area (Å²) >= 11 is 0. The average Bonchev–Trinajstić information content (AvgIpc) is 3.01. The van der Waals surface area contributed by atoms with Crippen molar-refractivity contribution in [1.82, 2.24) is 9.88 Å². The van der Waals surface area contributed by atoms with Crippen LogP contribution in [0.4, 0.5) is 0 Å². The predicted octanol–water partition coefficient (Wildman–Crippen LogP) is 2.15. The van der Waals surface area contributed by atoms with Gasteiger partial charge in [-0.2, -0.15) is 0 Å². The van der Waals surface area contributed by atoms with Crippen LogP contribution in [0.5, 0.6) is 0 Å². The Labute approximate surface area is 125 Å². The van der Waals surface area contributed by atoms with Crippen molar-refractivity contribution >= 4 is 16.8 Å². The molecule has 3 atom stereocenters. The summed E-state index contributed by atoms with van der Waals surface area (Å²) in [5, 5.41) is 1.15. The second-order valence-electron chi connectivity index (χ2n) is 6.36. The van der Waals surface area contributed by atoms with Gasteiger partial charge in [0, 0.05) is 30.7 Å². The van der Waals surface area contributed by atoms with E-state index in [0.717, 1.165) is 28.9 Å². The first kappa shape index (κ1) is 14.1. The molecule has 1 fully saturated rings. The maximum atomic E-state index is 12.4. The number of nitrogens with two attached hydrogens (primary N) is 1. The number of rotatable bonds is 5. The third kappa shape index (κ3) is 2.95. The Kier molecular flexibility index (Phi) is 3.72. The summed E-state index contributed by atoms with van der Waals surface area (Å²) in [5.74, 6) is 1.46. The highest BCUT2D eigenvalue weighted by molar-refractivity contribution is 5.86. The Morgan fingerprint density at radius 2 is 2.19 bits per heavy atom. The van der Waals surface area contributed by atoms with Gasteiger partial charge in [-0.3, -0.25) is 4.79 Å². The highest BCUT2D eigenvalue weighted by Crippen LogP contribution is 2.38. The van der Waals surface area contributed by atoms with Crippen LogP contribution in [0.2, 0.25) is 0 Å². The first-order valence-electron chi connectivity index (χ1n) is 7.62. The minimum atomic E-state index is -0.469. The van der Waals surface area contributed by atoms with Crippen LogP contribution in [0.1, 0.15) is 18.9 Å². The zero-order valence-corrected chi connectivity index (χ0v) is 12.7. The SMILES string of the molecule is CC1CC1CN(C)C(=O)C(N)Cc1c[nH]c2ccccc12. The second-order valence-corrected chi connectivity index (χ2v) is 6.36. The minimum Gasteiger partial charge on any atom is -0.361 e. The summed E-state index contributed by atoms with van der Waals surface area (Å²) in [7, 11) is 1.86. The van der Waals surface area contributed by atoms with Gasteiger partial charge < -0.3 is 15.6 Å². The van der Waals surface area contributed by atoms with Gasteiger partial charge in [-0.05, 0) is 36.3 Å². The summed E-state index contributed by atoms with van der Waals surface area (Å²) in [4.78, 5) is 17.4. The summed E-state index contributed by atoms with van der Waals surface area (Å²) < 4.78 is 0. The van der Waals surface area contributed by atoms with Gasteiger partial charge in [0.2, 0.25) is 5.91 Å². The number of carbonyl (C=O) groups excluding carboxylic acids is 1. The third-order valence-corrected chi connectivity index (χ3v) is 4.59. The monoisotopic (exact) mass is 285 g/mol. The molecule has 1 aliphatic rings. The molecule has 0 spiro atoms. The molecule has 3 rings (SSSR count). The summed E-state index contributed by atoms with van der Waals surface area (Å²) in [6.07, 6.45) is 3.77. The highest BCUT2D eigenvalue weighted by Gasteiger charge is 2.34. The molecule has 4 nitrogen and oxygen atoms in total. The van der Waals surface area contributed by atoms with Crippen LogP contribution < -0.4 is 5.73 Å². The number of fused-ring (bicyclic) bond motifs is 1. The molecule has 0 saturated heterocycles. The van der Waals surface area contributed by atoms with Crippen molar-refractivity contribution in [3.8, 4) is 0 Å². The number of likely N-dealkylation sites (N-methyl/N-ethyl adjacent to an activating group) is 1. The van der Waals surface area contributed by atoms with E-state index < -0.39 is 6.04 Å². The molecular formula is C17H23N3O. The van der Waals surface area contributed by atoms with Crippen molar-refractivity contribution < 1.29 is 4.79 Å². The summed E-state index contributed by atoms with van der Waals surface area (Å²) in [6.45, 7) is 3.07. The lowest BCUT2D eigenvalue weighted by Crippen LogP contribution is -2.43. The van der Waals surface area contributed by atoms with Crippen LogP contribution in [0.25, 0.3) is 10.9 Å². The zero-order valence-electron chi connectivity index (χ0n) is 12.7. The van der Waals surface area contributed by atoms with Crippen LogP contribution in [0, 0.1) is 11.8 Å². The molecular weight excluding hydrogens is 262 g/mol. The van der Waals surface area contributed by atoms with Crippen molar-refractivity contribution in [2.75, 3.05) is 13.6 Å². The molecule has 0 bridgehead atoms. The van der Waals surface area contributed by atoms with E-state index in [9.17, 15) is 4.79 Å². The third-order valence-electron chi connectivity index (χ3n) is 4.59. The van der Waals surface area contributed by atoms with Crippen LogP contribution in [-0.2, 0) is 11.2 Å². The number of para-hydroxylation sites is 1. The fraction of sp³-hybridized carbons (Fsp3) is 0.471. The number of nitrogens with zero attached hydrogens (tertiary/aromatic N) is 1. The number of H-pyrrole nitrogens is 1. The molecule has 21 heavy (non-hydrogen) atoms. The van der Waals surface area contributed by atoms with E-state index in [0.29, 0.717) is 12.3 Å². The molecule has 4 heteroatoms. The maximum absolute atomic E-state index is 12.4. The van der Waals surface area contributed by atoms with Gasteiger partial charge in [-0.1, -0.05) is 25.1 Å². The van der Waals surface area contributed by atoms with Gasteiger partial charge in [0.25, 0.3) is 0 Å². The number of benzene rings is 1. The molecule has 1 aliphatic carbocycles. The van der Waals surface area contributed by atoms with Gasteiger partial charge in [-0.15, -0.1) is 0 Å². The largest absolute Gasteiger partial charge is 0.361 e. The Morgan fingerprint density at radius 1 is 1.48 bits per heavy atom. The van der Waals surface area contributed by atoms with Crippen LogP contribution in [0.15, 0.2) is 30.5 Å². The van der Waals surface area contributed by atoms with E-state index in [1.54, 1.807) is 4.90 Å². The Morgan fingerprint density at radius 3 is 2.90 bits per heavy atom. The van der Waals surface area contributed by atoms with Crippen LogP contribution in [-0.4, -0.2) is 35.4 Å². The number of carbonyl (C=O) groups is 1. The molecule has 0 aliphatic heterocycles. The fourth-order valence-corrected chi connectivity index (χ4v) is 3.00. The van der Waals surface area contributed by atoms with E-state index >= 15 is 0 Å². The average molecular weight is 285 g/mol. The first-order valence-corrected chi connectivity index (χ1v) is 7.62. The molecule has 1 aromatic heterocycles. The van der Waals surface area contributed by atoms with E-state index in [1.165, 1.54) is 6.42 Å². The lowest BCUT2D eigenvalue weighted by molar-refractivity contribution is -0.131. The molecule has 3 unspecified atom stereocenters. The van der Waals surface area contributed by atoms with E-state index in [2.05, 4.69) is 18.0 Å². The van der Waals surface area contributed by atoms with E-state index in [4.69, 9.17) is 5.73 Å². The number of amides is 1. The fourth-order valence-electron chi connectivity index (χ4n) is 3.00. The van der Waals surface area contributed by atoms with Crippen LogP contribution in [0.3, 0.4) is 0 Å². The molecule has 1 heterocycles. The van der Waals surface area contributed by atoms with Gasteiger partial charge >= 0.3 is 0 Å². The van der Waals surface area contributed by atoms with Gasteiger partial charge in [0.1, 0.15) is 0 Å². The Hall–Kier alpha value is -1.81. The molecule has 112 valence electrons. The standard InChI is InChI=1S/C17H23N3O/c1-11-7-13(11)10-20(2)17(21)15(18)8-12-9-19-16-6-4-3-5-14(12)16/h3-6,9,11,13,15,19H,7-8,10,18H2,1-2H3. The molecule has 1 saturated carbocycles. The van der Waals surface area contributed by atoms with Crippen molar-refractivity contribution in [3.63, 3.8) is 0 Å². The quantitative estimate of drug-likeness (QED) is 0.884. The van der Waals surface area contributed by atoms with Gasteiger partial charge in [0.05, 0.1) is 6.04 Å². The number of aromatic nitrogens is 1. The maximum Gasteiger partial charge on any atom is 0.239 e. The summed E-state index contributed by atoms with van der Waals surface area (Å²) in [6, 6.07) is 7.63. The molecule has 1 amide bonds. The minimum absolute atomic E-state index is 0.0411. The Balaban J connectivity index is 1.65. The lowest BCUT2D eigenvalue weighted by atomic mass is 10.0. The molecule has 2 aromatic rings. The Bertz CT molecular complexity index is 648. The molecule has 3 N–H and O–H groups in total. The van der Waals surface area contributed by atoms with Crippen LogP contribution >= 0.6 is 0 Å². The topological polar surface area (TPSA) is 62.1 Å². The number of hydrogen-bond donors (Lipinski definition) is 2. The van der Waals surface area contributed by atoms with Crippen molar-refractivity contribution in [2.24, 2.45) is 17.6 Å². The number of aromatic amines is 1. The molecule has 1 aromatic carbocycles. The summed E-state index contributed by atoms with van der Waals surface area (Å²) in [5.41, 5.74) is 8.33. The second kappa shape index (κ2) is 5.53. The lowest BCUT2D eigenvalue weighted by Gasteiger charge is -2.21. The number of hydrogen-bond acceptors (Lipinski definition) is 2. The van der Waals surface area contributed by atoms with Crippen molar-refractivity contribution in [2.45, 2.75) is 25.8 Å². The van der Waals surface area contributed by atoms with Crippen molar-refractivity contribution in [3.05, 3.63) is 36.0 Å². The number of nitrogens with one attached hydrogen (secondary N) is 1. The van der Waals surface area contributed by atoms with Gasteiger partial charge in [0.15, 0.2) is 0 Å². The molecule has 0 radical (unpaired) electrons. The van der Waals surface area contributed by atoms with Crippen molar-refractivity contribution in [1.29, 1.82) is 0 Å². The van der Waals surface area contributed by atoms with Gasteiger partial charge in [-0.25, -0.2) is 0 Å². The van der Waals surface area contributed by atoms with E-state index in [-0.39, 0.29) is 5.91 Å². The first-order chi connectivity index (χ1) is 10.1. The smallest absolute Gasteiger partial charge is 0.239 e.